The molecule has 3 fully saturated rings. The standard InChI is InChI=1S/C18H22N2O4/c1-24-16(23)17-9-18(10-17,11-17)19-15(22)12-6-7-14(21)20-8-4-2-3-5-13(12)20/h6-7H,2-5,8-11H2,1H3,(H,19,22). The lowest BCUT2D eigenvalue weighted by molar-refractivity contribution is -0.199. The van der Waals surface area contributed by atoms with Crippen LogP contribution in [0.2, 0.25) is 0 Å². The molecule has 1 amide bonds. The van der Waals surface area contributed by atoms with E-state index in [-0.39, 0.29) is 28.4 Å². The van der Waals surface area contributed by atoms with Gasteiger partial charge in [0.1, 0.15) is 0 Å². The first kappa shape index (κ1) is 15.4. The van der Waals surface area contributed by atoms with Crippen LogP contribution in [0.15, 0.2) is 16.9 Å². The fourth-order valence-corrected chi connectivity index (χ4v) is 4.74. The Labute approximate surface area is 140 Å². The minimum Gasteiger partial charge on any atom is -0.469 e. The first-order valence-corrected chi connectivity index (χ1v) is 8.62. The third kappa shape index (κ3) is 2.12. The average molecular weight is 330 g/mol. The van der Waals surface area contributed by atoms with Crippen LogP contribution in [0, 0.1) is 5.41 Å². The molecule has 5 rings (SSSR count). The quantitative estimate of drug-likeness (QED) is 0.850. The van der Waals surface area contributed by atoms with Crippen molar-refractivity contribution >= 4 is 11.9 Å². The maximum Gasteiger partial charge on any atom is 0.312 e. The molecule has 0 spiro atoms. The number of carbonyl (C=O) groups is 2. The number of hydrogen-bond acceptors (Lipinski definition) is 4. The molecule has 0 atom stereocenters. The lowest BCUT2D eigenvalue weighted by atomic mass is 9.39. The fourth-order valence-electron chi connectivity index (χ4n) is 4.74. The van der Waals surface area contributed by atoms with Gasteiger partial charge in [-0.3, -0.25) is 14.4 Å². The molecule has 6 heteroatoms. The van der Waals surface area contributed by atoms with E-state index in [4.69, 9.17) is 4.74 Å². The highest BCUT2D eigenvalue weighted by molar-refractivity contribution is 5.97. The molecule has 0 aromatic carbocycles. The lowest BCUT2D eigenvalue weighted by Gasteiger charge is -2.68. The number of rotatable bonds is 3. The molecule has 3 aliphatic carbocycles. The van der Waals surface area contributed by atoms with Gasteiger partial charge in [0.25, 0.3) is 11.5 Å². The highest BCUT2D eigenvalue weighted by atomic mass is 16.5. The number of ether oxygens (including phenoxy) is 1. The van der Waals surface area contributed by atoms with Crippen molar-refractivity contribution in [2.24, 2.45) is 5.41 Å². The van der Waals surface area contributed by atoms with Crippen molar-refractivity contribution in [3.63, 3.8) is 0 Å². The van der Waals surface area contributed by atoms with Crippen molar-refractivity contribution < 1.29 is 14.3 Å². The van der Waals surface area contributed by atoms with Crippen LogP contribution in [0.4, 0.5) is 0 Å². The fraction of sp³-hybridized carbons (Fsp3) is 0.611. The van der Waals surface area contributed by atoms with E-state index in [1.54, 1.807) is 10.6 Å². The molecule has 24 heavy (non-hydrogen) atoms. The highest BCUT2D eigenvalue weighted by Crippen LogP contribution is 2.67. The zero-order valence-corrected chi connectivity index (χ0v) is 13.9. The molecule has 4 aliphatic rings. The van der Waals surface area contributed by atoms with Crippen molar-refractivity contribution in [2.45, 2.75) is 57.0 Å². The second-order valence-corrected chi connectivity index (χ2v) is 7.53. The van der Waals surface area contributed by atoms with Gasteiger partial charge in [-0.1, -0.05) is 6.42 Å². The zero-order valence-electron chi connectivity index (χ0n) is 13.9. The van der Waals surface area contributed by atoms with Gasteiger partial charge in [-0.2, -0.15) is 0 Å². The van der Waals surface area contributed by atoms with E-state index in [1.165, 1.54) is 13.2 Å². The summed E-state index contributed by atoms with van der Waals surface area (Å²) in [6.45, 7) is 0.686. The number of amides is 1. The largest absolute Gasteiger partial charge is 0.469 e. The van der Waals surface area contributed by atoms with Crippen LogP contribution in [0.3, 0.4) is 0 Å². The molecule has 0 unspecified atom stereocenters. The van der Waals surface area contributed by atoms with Gasteiger partial charge in [-0.15, -0.1) is 0 Å². The summed E-state index contributed by atoms with van der Waals surface area (Å²) in [5.41, 5.74) is 0.801. The maximum absolute atomic E-state index is 12.8. The van der Waals surface area contributed by atoms with Crippen molar-refractivity contribution in [2.75, 3.05) is 7.11 Å². The molecule has 1 aromatic heterocycles. The molecule has 0 radical (unpaired) electrons. The minimum absolute atomic E-state index is 0.0291. The molecular weight excluding hydrogens is 308 g/mol. The minimum atomic E-state index is -0.368. The van der Waals surface area contributed by atoms with Crippen LogP contribution in [-0.4, -0.2) is 29.1 Å². The molecule has 3 saturated carbocycles. The van der Waals surface area contributed by atoms with Gasteiger partial charge in [0.15, 0.2) is 0 Å². The molecule has 6 nitrogen and oxygen atoms in total. The molecular formula is C18H22N2O4. The molecule has 0 saturated heterocycles. The Morgan fingerprint density at radius 3 is 2.62 bits per heavy atom. The third-order valence-corrected chi connectivity index (χ3v) is 5.86. The van der Waals surface area contributed by atoms with Crippen LogP contribution < -0.4 is 10.9 Å². The smallest absolute Gasteiger partial charge is 0.312 e. The maximum atomic E-state index is 12.8. The monoisotopic (exact) mass is 330 g/mol. The number of hydrogen-bond donors (Lipinski definition) is 1. The first-order valence-electron chi connectivity index (χ1n) is 8.62. The Balaban J connectivity index is 1.53. The van der Waals surface area contributed by atoms with Gasteiger partial charge in [0, 0.05) is 23.8 Å². The summed E-state index contributed by atoms with van der Waals surface area (Å²) >= 11 is 0. The van der Waals surface area contributed by atoms with E-state index in [9.17, 15) is 14.4 Å². The second-order valence-electron chi connectivity index (χ2n) is 7.53. The predicted molar refractivity (Wildman–Crippen MR) is 86.8 cm³/mol. The predicted octanol–water partition coefficient (Wildman–Crippen LogP) is 1.40. The van der Waals surface area contributed by atoms with Crippen LogP contribution in [-0.2, 0) is 22.5 Å². The van der Waals surface area contributed by atoms with Gasteiger partial charge in [-0.25, -0.2) is 0 Å². The summed E-state index contributed by atoms with van der Waals surface area (Å²) in [6.07, 6.45) is 5.80. The molecule has 128 valence electrons. The van der Waals surface area contributed by atoms with E-state index in [0.717, 1.165) is 31.4 Å². The van der Waals surface area contributed by atoms with Gasteiger partial charge in [-0.05, 0) is 44.6 Å². The van der Waals surface area contributed by atoms with Gasteiger partial charge in [0.05, 0.1) is 18.1 Å². The van der Waals surface area contributed by atoms with Crippen LogP contribution in [0.25, 0.3) is 0 Å². The zero-order chi connectivity index (χ0) is 16.9. The molecule has 2 bridgehead atoms. The van der Waals surface area contributed by atoms with E-state index in [1.807, 2.05) is 0 Å². The Bertz CT molecular complexity index is 760. The number of aromatic nitrogens is 1. The number of pyridine rings is 1. The second kappa shape index (κ2) is 5.19. The third-order valence-electron chi connectivity index (χ3n) is 5.86. The number of nitrogens with zero attached hydrogens (tertiary/aromatic N) is 1. The molecule has 1 aromatic rings. The van der Waals surface area contributed by atoms with Crippen LogP contribution in [0.5, 0.6) is 0 Å². The average Bonchev–Trinajstić information content (AvgIpc) is 2.75. The molecule has 1 aliphatic heterocycles. The number of nitrogens with one attached hydrogen (secondary N) is 1. The van der Waals surface area contributed by atoms with E-state index in [2.05, 4.69) is 5.32 Å². The first-order chi connectivity index (χ1) is 11.5. The van der Waals surface area contributed by atoms with E-state index in [0.29, 0.717) is 31.4 Å². The highest BCUT2D eigenvalue weighted by Gasteiger charge is 2.73. The van der Waals surface area contributed by atoms with E-state index >= 15 is 0 Å². The Morgan fingerprint density at radius 1 is 1.17 bits per heavy atom. The molecule has 2 heterocycles. The summed E-state index contributed by atoms with van der Waals surface area (Å²) in [5, 5.41) is 3.11. The summed E-state index contributed by atoms with van der Waals surface area (Å²) in [5.74, 6) is -0.294. The topological polar surface area (TPSA) is 77.4 Å². The summed E-state index contributed by atoms with van der Waals surface area (Å²) < 4.78 is 6.59. The summed E-state index contributed by atoms with van der Waals surface area (Å²) in [4.78, 5) is 36.6. The van der Waals surface area contributed by atoms with Gasteiger partial charge < -0.3 is 14.6 Å². The van der Waals surface area contributed by atoms with E-state index < -0.39 is 0 Å². The Kier molecular flexibility index (Phi) is 3.34. The van der Waals surface area contributed by atoms with Gasteiger partial charge in [0.2, 0.25) is 0 Å². The van der Waals surface area contributed by atoms with Crippen molar-refractivity contribution in [1.29, 1.82) is 0 Å². The number of esters is 1. The molecule has 1 N–H and O–H groups in total. The SMILES string of the molecule is COC(=O)C12CC(NC(=O)c3ccc(=O)n4c3CCCCC4)(C1)C2. The van der Waals surface area contributed by atoms with Crippen LogP contribution in [0.1, 0.15) is 54.6 Å². The van der Waals surface area contributed by atoms with Crippen molar-refractivity contribution in [1.82, 2.24) is 9.88 Å². The van der Waals surface area contributed by atoms with Gasteiger partial charge >= 0.3 is 5.97 Å². The van der Waals surface area contributed by atoms with Crippen molar-refractivity contribution in [3.8, 4) is 0 Å². The number of methoxy groups -OCH3 is 1. The number of fused-ring (bicyclic) bond motifs is 1. The number of carbonyl (C=O) groups excluding carboxylic acids is 2. The van der Waals surface area contributed by atoms with Crippen LogP contribution >= 0.6 is 0 Å². The summed E-state index contributed by atoms with van der Waals surface area (Å²) in [6, 6.07) is 3.14. The lowest BCUT2D eigenvalue weighted by Crippen LogP contribution is -2.77. The Morgan fingerprint density at radius 2 is 1.92 bits per heavy atom. The summed E-state index contributed by atoms with van der Waals surface area (Å²) in [7, 11) is 1.41. The Hall–Kier alpha value is -2.11. The normalized spacial score (nSPS) is 30.2. The van der Waals surface area contributed by atoms with Crippen molar-refractivity contribution in [3.05, 3.63) is 33.7 Å².